The van der Waals surface area contributed by atoms with Gasteiger partial charge in [0.15, 0.2) is 0 Å². The fourth-order valence-corrected chi connectivity index (χ4v) is 5.77. The predicted octanol–water partition coefficient (Wildman–Crippen LogP) is 5.44. The number of nitrogens with one attached hydrogen (secondary N) is 1. The molecule has 1 aliphatic rings. The van der Waals surface area contributed by atoms with E-state index in [2.05, 4.69) is 52.3 Å². The van der Waals surface area contributed by atoms with Gasteiger partial charge in [-0.25, -0.2) is 0 Å². The smallest absolute Gasteiger partial charge is 0.399 e. The van der Waals surface area contributed by atoms with Crippen LogP contribution in [0.5, 0.6) is 0 Å². The summed E-state index contributed by atoms with van der Waals surface area (Å²) in [6.45, 7) is 9.38. The fraction of sp³-hybridized carbons (Fsp3) is 0.323. The second kappa shape index (κ2) is 13.5. The zero-order valence-electron chi connectivity index (χ0n) is 25.0. The van der Waals surface area contributed by atoms with E-state index in [1.54, 1.807) is 21.8 Å². The quantitative estimate of drug-likeness (QED) is 0.202. The summed E-state index contributed by atoms with van der Waals surface area (Å²) in [4.78, 5) is 0. The highest BCUT2D eigenvalue weighted by Gasteiger charge is 2.52. The van der Waals surface area contributed by atoms with Crippen molar-refractivity contribution < 1.29 is 19.5 Å². The van der Waals surface area contributed by atoms with Crippen molar-refractivity contribution >= 4 is 77.1 Å². The van der Waals surface area contributed by atoms with Gasteiger partial charge in [-0.3, -0.25) is 14.5 Å². The molecule has 7 rings (SSSR count). The summed E-state index contributed by atoms with van der Waals surface area (Å²) in [7, 11) is -0.398. The molecule has 1 saturated heterocycles. The van der Waals surface area contributed by atoms with E-state index < -0.39 is 7.12 Å². The molecule has 0 spiro atoms. The first-order chi connectivity index (χ1) is 21.1. The van der Waals surface area contributed by atoms with Gasteiger partial charge in [0.25, 0.3) is 0 Å². The maximum absolute atomic E-state index is 9.11. The van der Waals surface area contributed by atoms with Crippen LogP contribution in [0.2, 0.25) is 0 Å². The van der Waals surface area contributed by atoms with E-state index in [4.69, 9.17) is 19.5 Å². The average Bonchev–Trinajstić information content (AvgIpc) is 3.77. The minimum Gasteiger partial charge on any atom is -0.399 e. The van der Waals surface area contributed by atoms with Gasteiger partial charge in [0.05, 0.1) is 72.6 Å². The highest BCUT2D eigenvalue weighted by molar-refractivity contribution is 9.11. The van der Waals surface area contributed by atoms with Crippen LogP contribution in [0.15, 0.2) is 82.1 Å². The Bertz CT molecular complexity index is 1850. The summed E-state index contributed by atoms with van der Waals surface area (Å²) < 4.78 is 17.9. The van der Waals surface area contributed by atoms with Crippen LogP contribution >= 0.6 is 31.9 Å². The van der Waals surface area contributed by atoms with Gasteiger partial charge in [-0.2, -0.15) is 15.3 Å². The summed E-state index contributed by atoms with van der Waals surface area (Å²) in [6, 6.07) is 17.9. The molecule has 6 aromatic rings. The fourth-order valence-electron chi connectivity index (χ4n) is 4.85. The Hall–Kier alpha value is -3.07. The number of H-pyrrole nitrogens is 1. The highest BCUT2D eigenvalue weighted by Crippen LogP contribution is 2.37. The molecular weight excluding hydrogens is 691 g/mol. The zero-order valence-corrected chi connectivity index (χ0v) is 28.2. The normalized spacial score (nSPS) is 15.3. The van der Waals surface area contributed by atoms with E-state index in [1.807, 2.05) is 88.5 Å². The maximum atomic E-state index is 9.11. The van der Waals surface area contributed by atoms with Crippen LogP contribution in [-0.4, -0.2) is 71.5 Å². The lowest BCUT2D eigenvalue weighted by molar-refractivity contribution is 0.00578. The molecule has 0 radical (unpaired) electrons. The monoisotopic (exact) mass is 724 g/mol. The van der Waals surface area contributed by atoms with Crippen LogP contribution in [0.3, 0.4) is 0 Å². The molecule has 0 aliphatic carbocycles. The zero-order chi connectivity index (χ0) is 31.5. The number of rotatable bonds is 5. The molecular formula is C31H35BBr2N6O4. The lowest BCUT2D eigenvalue weighted by atomic mass is 9.77. The number of hydrogen-bond donors (Lipinski definition) is 3. The van der Waals surface area contributed by atoms with Crippen LogP contribution in [0.1, 0.15) is 27.7 Å². The van der Waals surface area contributed by atoms with Crippen LogP contribution in [-0.2, 0) is 22.4 Å². The van der Waals surface area contributed by atoms with Gasteiger partial charge in [-0.05, 0) is 63.5 Å². The second-order valence-electron chi connectivity index (χ2n) is 11.3. The number of halogens is 2. The van der Waals surface area contributed by atoms with Gasteiger partial charge in [-0.1, -0.05) is 56.1 Å². The first-order valence-electron chi connectivity index (χ1n) is 14.3. The van der Waals surface area contributed by atoms with Gasteiger partial charge in [0.2, 0.25) is 0 Å². The van der Waals surface area contributed by atoms with Crippen LogP contribution in [0.4, 0.5) is 0 Å². The van der Waals surface area contributed by atoms with Crippen molar-refractivity contribution in [3.8, 4) is 0 Å². The molecule has 4 heterocycles. The van der Waals surface area contributed by atoms with Crippen LogP contribution in [0.25, 0.3) is 32.7 Å². The summed E-state index contributed by atoms with van der Waals surface area (Å²) in [5.74, 6) is 0. The van der Waals surface area contributed by atoms with Crippen molar-refractivity contribution in [2.45, 2.75) is 52.0 Å². The van der Waals surface area contributed by atoms with E-state index in [1.165, 1.54) is 0 Å². The molecule has 0 atom stereocenters. The van der Waals surface area contributed by atoms with Crippen molar-refractivity contribution in [3.05, 3.63) is 82.1 Å². The van der Waals surface area contributed by atoms with Gasteiger partial charge in [0, 0.05) is 25.1 Å². The molecule has 0 bridgehead atoms. The highest BCUT2D eigenvalue weighted by atomic mass is 79.9. The third-order valence-corrected chi connectivity index (χ3v) is 9.30. The predicted molar refractivity (Wildman–Crippen MR) is 181 cm³/mol. The Morgan fingerprint density at radius 1 is 0.727 bits per heavy atom. The Morgan fingerprint density at radius 3 is 1.84 bits per heavy atom. The van der Waals surface area contributed by atoms with Crippen molar-refractivity contribution in [2.75, 3.05) is 13.2 Å². The molecule has 3 aromatic carbocycles. The lowest BCUT2D eigenvalue weighted by Gasteiger charge is -2.32. The number of benzene rings is 3. The molecule has 1 fully saturated rings. The number of hydrogen-bond acceptors (Lipinski definition) is 7. The molecule has 3 aromatic heterocycles. The molecule has 44 heavy (non-hydrogen) atoms. The average molecular weight is 726 g/mol. The van der Waals surface area contributed by atoms with Crippen molar-refractivity contribution in [2.24, 2.45) is 0 Å². The third kappa shape index (κ3) is 6.63. The Kier molecular flexibility index (Phi) is 9.93. The van der Waals surface area contributed by atoms with Crippen molar-refractivity contribution in [3.63, 3.8) is 0 Å². The molecule has 13 heteroatoms. The van der Waals surface area contributed by atoms with Gasteiger partial charge < -0.3 is 19.5 Å². The maximum Gasteiger partial charge on any atom is 0.495 e. The van der Waals surface area contributed by atoms with Gasteiger partial charge >= 0.3 is 7.12 Å². The molecule has 10 nitrogen and oxygen atoms in total. The van der Waals surface area contributed by atoms with Crippen LogP contribution < -0.4 is 5.46 Å². The van der Waals surface area contributed by atoms with E-state index in [-0.39, 0.29) is 24.4 Å². The SMILES string of the molecule is Brc1cccc2[nH]ncc12.CC1(C)OB(c2cccc3c2cnn3CCO)OC1(C)C.OCCn1ncc2c(Br)cccc21. The Labute approximate surface area is 272 Å². The minimum absolute atomic E-state index is 0.0670. The number of aromatic nitrogens is 6. The molecule has 0 unspecified atom stereocenters. The van der Waals surface area contributed by atoms with Crippen LogP contribution in [0, 0.1) is 0 Å². The molecule has 0 saturated carbocycles. The van der Waals surface area contributed by atoms with Crippen molar-refractivity contribution in [1.29, 1.82) is 0 Å². The summed E-state index contributed by atoms with van der Waals surface area (Å²) in [5, 5.41) is 36.4. The second-order valence-corrected chi connectivity index (χ2v) is 13.0. The molecule has 0 amide bonds. The topological polar surface area (TPSA) is 123 Å². The van der Waals surface area contributed by atoms with E-state index in [0.717, 1.165) is 47.1 Å². The number of aliphatic hydroxyl groups is 2. The third-order valence-electron chi connectivity index (χ3n) is 7.92. The van der Waals surface area contributed by atoms with E-state index >= 15 is 0 Å². The largest absolute Gasteiger partial charge is 0.495 e. The van der Waals surface area contributed by atoms with Gasteiger partial charge in [0.1, 0.15) is 0 Å². The van der Waals surface area contributed by atoms with E-state index in [0.29, 0.717) is 13.1 Å². The Balaban J connectivity index is 0.000000142. The lowest BCUT2D eigenvalue weighted by Crippen LogP contribution is -2.41. The number of aliphatic hydroxyl groups excluding tert-OH is 2. The first kappa shape index (κ1) is 32.3. The standard InChI is InChI=1S/C15H21BN2O3.C9H9BrN2O.C7H5BrN2/c1-14(2)15(3,4)21-16(20-14)12-6-5-7-13-11(12)10-17-18(13)8-9-19;10-8-2-1-3-9-7(8)6-11-12(9)4-5-13;8-6-2-1-3-7-5(6)4-9-10-7/h5-7,10,19H,8-9H2,1-4H3;1-3,6,13H,4-5H2;1-4H,(H,9,10). The Morgan fingerprint density at radius 2 is 1.25 bits per heavy atom. The molecule has 230 valence electrons. The molecule has 3 N–H and O–H groups in total. The summed E-state index contributed by atoms with van der Waals surface area (Å²) >= 11 is 6.86. The summed E-state index contributed by atoms with van der Waals surface area (Å²) in [5.41, 5.74) is 3.35. The number of nitrogens with zero attached hydrogens (tertiary/aromatic N) is 5. The summed E-state index contributed by atoms with van der Waals surface area (Å²) in [6.07, 6.45) is 5.42. The van der Waals surface area contributed by atoms with Gasteiger partial charge in [-0.15, -0.1) is 0 Å². The minimum atomic E-state index is -0.398. The van der Waals surface area contributed by atoms with E-state index in [9.17, 15) is 0 Å². The number of aromatic amines is 1. The first-order valence-corrected chi connectivity index (χ1v) is 15.8. The van der Waals surface area contributed by atoms with Crippen molar-refractivity contribution in [1.82, 2.24) is 29.8 Å². The number of fused-ring (bicyclic) bond motifs is 3. The molecule has 1 aliphatic heterocycles.